The molecule has 0 aliphatic carbocycles. The van der Waals surface area contributed by atoms with Crippen LogP contribution in [0, 0.1) is 0 Å². The molecular weight excluding hydrogens is 250 g/mol. The summed E-state index contributed by atoms with van der Waals surface area (Å²) in [6.07, 6.45) is 0.399. The van der Waals surface area contributed by atoms with E-state index in [2.05, 4.69) is 24.1 Å². The van der Waals surface area contributed by atoms with E-state index in [0.29, 0.717) is 13.0 Å². The molecule has 4 nitrogen and oxygen atoms in total. The predicted molar refractivity (Wildman–Crippen MR) is 83.4 cm³/mol. The Kier molecular flexibility index (Phi) is 7.26. The molecule has 0 heterocycles. The molecule has 0 fully saturated rings. The highest BCUT2D eigenvalue weighted by molar-refractivity contribution is 5.79. The number of hydrogen-bond acceptors (Lipinski definition) is 3. The van der Waals surface area contributed by atoms with Crippen LogP contribution in [0.5, 0.6) is 0 Å². The van der Waals surface area contributed by atoms with Crippen molar-refractivity contribution in [1.29, 1.82) is 0 Å². The molecule has 0 saturated carbocycles. The van der Waals surface area contributed by atoms with E-state index in [0.717, 1.165) is 30.8 Å². The number of hydrogen-bond donors (Lipinski definition) is 2. The Balaban J connectivity index is 2.51. The smallest absolute Gasteiger partial charge is 0.224 e. The fourth-order valence-corrected chi connectivity index (χ4v) is 2.34. The van der Waals surface area contributed by atoms with Crippen molar-refractivity contribution in [2.75, 3.05) is 19.6 Å². The van der Waals surface area contributed by atoms with Crippen molar-refractivity contribution in [1.82, 2.24) is 10.2 Å². The van der Waals surface area contributed by atoms with E-state index in [4.69, 9.17) is 5.73 Å². The Morgan fingerprint density at radius 2 is 1.85 bits per heavy atom. The van der Waals surface area contributed by atoms with E-state index < -0.39 is 0 Å². The number of carbonyl (C=O) groups is 1. The summed E-state index contributed by atoms with van der Waals surface area (Å²) in [5.74, 6) is 0.0607. The molecule has 0 saturated heterocycles. The molecule has 20 heavy (non-hydrogen) atoms. The number of nitrogens with two attached hydrogens (primary N) is 1. The van der Waals surface area contributed by atoms with Gasteiger partial charge in [-0.15, -0.1) is 0 Å². The van der Waals surface area contributed by atoms with Gasteiger partial charge in [-0.25, -0.2) is 0 Å². The first-order chi connectivity index (χ1) is 9.60. The maximum Gasteiger partial charge on any atom is 0.224 e. The lowest BCUT2D eigenvalue weighted by atomic mass is 10.0. The Bertz CT molecular complexity index is 416. The Hall–Kier alpha value is -1.39. The van der Waals surface area contributed by atoms with E-state index in [1.54, 1.807) is 0 Å². The first-order valence-corrected chi connectivity index (χ1v) is 7.39. The van der Waals surface area contributed by atoms with Gasteiger partial charge in [0, 0.05) is 19.1 Å². The second-order valence-electron chi connectivity index (χ2n) is 5.10. The third kappa shape index (κ3) is 5.31. The predicted octanol–water partition coefficient (Wildman–Crippen LogP) is 1.53. The standard InChI is InChI=1S/C16H27N3O/c1-4-19(5-2)12-13(3)18-16(20)10-14-8-6-7-9-15(14)11-17/h6-9,13H,4-5,10-12,17H2,1-3H3,(H,18,20). The van der Waals surface area contributed by atoms with Gasteiger partial charge in [0.05, 0.1) is 6.42 Å². The van der Waals surface area contributed by atoms with Crippen molar-refractivity contribution in [2.45, 2.75) is 39.8 Å². The van der Waals surface area contributed by atoms with Crippen LogP contribution in [0.25, 0.3) is 0 Å². The number of likely N-dealkylation sites (N-methyl/N-ethyl adjacent to an activating group) is 1. The summed E-state index contributed by atoms with van der Waals surface area (Å²) >= 11 is 0. The molecule has 4 heteroatoms. The summed E-state index contributed by atoms with van der Waals surface area (Å²) in [5, 5.41) is 3.06. The van der Waals surface area contributed by atoms with Crippen LogP contribution in [-0.2, 0) is 17.8 Å². The molecule has 0 aromatic heterocycles. The second-order valence-corrected chi connectivity index (χ2v) is 5.10. The van der Waals surface area contributed by atoms with Gasteiger partial charge in [0.15, 0.2) is 0 Å². The normalized spacial score (nSPS) is 12.4. The molecule has 1 aromatic rings. The highest BCUT2D eigenvalue weighted by Crippen LogP contribution is 2.08. The minimum atomic E-state index is 0.0607. The monoisotopic (exact) mass is 277 g/mol. The lowest BCUT2D eigenvalue weighted by molar-refractivity contribution is -0.121. The average Bonchev–Trinajstić information content (AvgIpc) is 2.45. The molecule has 112 valence electrons. The van der Waals surface area contributed by atoms with Crippen LogP contribution in [-0.4, -0.2) is 36.5 Å². The quantitative estimate of drug-likeness (QED) is 0.757. The molecule has 1 unspecified atom stereocenters. The maximum absolute atomic E-state index is 12.1. The summed E-state index contributed by atoms with van der Waals surface area (Å²) in [6, 6.07) is 8.00. The summed E-state index contributed by atoms with van der Waals surface area (Å²) in [4.78, 5) is 14.4. The maximum atomic E-state index is 12.1. The Morgan fingerprint density at radius 1 is 1.25 bits per heavy atom. The van der Waals surface area contributed by atoms with Crippen molar-refractivity contribution in [3.8, 4) is 0 Å². The van der Waals surface area contributed by atoms with Crippen LogP contribution >= 0.6 is 0 Å². The molecule has 1 amide bonds. The minimum absolute atomic E-state index is 0.0607. The van der Waals surface area contributed by atoms with Gasteiger partial charge in [0.1, 0.15) is 0 Å². The van der Waals surface area contributed by atoms with Gasteiger partial charge >= 0.3 is 0 Å². The lowest BCUT2D eigenvalue weighted by Crippen LogP contribution is -2.42. The van der Waals surface area contributed by atoms with Gasteiger partial charge < -0.3 is 16.0 Å². The number of nitrogens with zero attached hydrogens (tertiary/aromatic N) is 1. The largest absolute Gasteiger partial charge is 0.352 e. The minimum Gasteiger partial charge on any atom is -0.352 e. The van der Waals surface area contributed by atoms with Crippen molar-refractivity contribution < 1.29 is 4.79 Å². The van der Waals surface area contributed by atoms with Gasteiger partial charge in [-0.1, -0.05) is 38.1 Å². The van der Waals surface area contributed by atoms with Crippen molar-refractivity contribution >= 4 is 5.91 Å². The SMILES string of the molecule is CCN(CC)CC(C)NC(=O)Cc1ccccc1CN. The van der Waals surface area contributed by atoms with Crippen molar-refractivity contribution in [3.05, 3.63) is 35.4 Å². The average molecular weight is 277 g/mol. The topological polar surface area (TPSA) is 58.4 Å². The van der Waals surface area contributed by atoms with Crippen LogP contribution < -0.4 is 11.1 Å². The summed E-state index contributed by atoms with van der Waals surface area (Å²) in [7, 11) is 0. The van der Waals surface area contributed by atoms with E-state index in [1.807, 2.05) is 31.2 Å². The third-order valence-electron chi connectivity index (χ3n) is 3.52. The lowest BCUT2D eigenvalue weighted by Gasteiger charge is -2.23. The van der Waals surface area contributed by atoms with Gasteiger partial charge in [-0.05, 0) is 31.1 Å². The molecular formula is C16H27N3O. The zero-order valence-electron chi connectivity index (χ0n) is 12.9. The first kappa shape index (κ1) is 16.7. The number of carbonyl (C=O) groups excluding carboxylic acids is 1. The van der Waals surface area contributed by atoms with E-state index in [9.17, 15) is 4.79 Å². The fourth-order valence-electron chi connectivity index (χ4n) is 2.34. The summed E-state index contributed by atoms with van der Waals surface area (Å²) in [6.45, 7) is 9.69. The zero-order chi connectivity index (χ0) is 15.0. The number of amides is 1. The van der Waals surface area contributed by atoms with Crippen LogP contribution in [0.3, 0.4) is 0 Å². The van der Waals surface area contributed by atoms with Crippen LogP contribution in [0.1, 0.15) is 31.9 Å². The molecule has 0 bridgehead atoms. The number of rotatable bonds is 8. The molecule has 1 aromatic carbocycles. The van der Waals surface area contributed by atoms with E-state index >= 15 is 0 Å². The number of benzene rings is 1. The third-order valence-corrected chi connectivity index (χ3v) is 3.52. The van der Waals surface area contributed by atoms with Crippen molar-refractivity contribution in [3.63, 3.8) is 0 Å². The fraction of sp³-hybridized carbons (Fsp3) is 0.562. The molecule has 0 aliphatic heterocycles. The first-order valence-electron chi connectivity index (χ1n) is 7.39. The molecule has 3 N–H and O–H groups in total. The highest BCUT2D eigenvalue weighted by atomic mass is 16.1. The van der Waals surface area contributed by atoms with Gasteiger partial charge in [0.25, 0.3) is 0 Å². The van der Waals surface area contributed by atoms with Crippen LogP contribution in [0.2, 0.25) is 0 Å². The highest BCUT2D eigenvalue weighted by Gasteiger charge is 2.12. The van der Waals surface area contributed by atoms with Crippen LogP contribution in [0.15, 0.2) is 24.3 Å². The molecule has 0 radical (unpaired) electrons. The van der Waals surface area contributed by atoms with Gasteiger partial charge in [-0.3, -0.25) is 4.79 Å². The molecule has 1 rings (SSSR count). The zero-order valence-corrected chi connectivity index (χ0v) is 12.9. The van der Waals surface area contributed by atoms with Gasteiger partial charge in [-0.2, -0.15) is 0 Å². The van der Waals surface area contributed by atoms with Crippen molar-refractivity contribution in [2.24, 2.45) is 5.73 Å². The number of nitrogens with one attached hydrogen (secondary N) is 1. The van der Waals surface area contributed by atoms with E-state index in [-0.39, 0.29) is 11.9 Å². The summed E-state index contributed by atoms with van der Waals surface area (Å²) in [5.41, 5.74) is 7.75. The molecule has 0 spiro atoms. The summed E-state index contributed by atoms with van der Waals surface area (Å²) < 4.78 is 0. The van der Waals surface area contributed by atoms with Crippen LogP contribution in [0.4, 0.5) is 0 Å². The molecule has 0 aliphatic rings. The van der Waals surface area contributed by atoms with E-state index in [1.165, 1.54) is 0 Å². The Labute approximate surface area is 122 Å². The van der Waals surface area contributed by atoms with Gasteiger partial charge in [0.2, 0.25) is 5.91 Å². The second kappa shape index (κ2) is 8.72. The molecule has 1 atom stereocenters. The Morgan fingerprint density at radius 3 is 2.40 bits per heavy atom.